The number of hydrogen-bond acceptors (Lipinski definition) is 1. The lowest BCUT2D eigenvalue weighted by molar-refractivity contribution is 1.10. The second kappa shape index (κ2) is 4.61. The molecule has 0 N–H and O–H groups in total. The van der Waals surface area contributed by atoms with E-state index in [4.69, 9.17) is 4.98 Å². The van der Waals surface area contributed by atoms with Crippen LogP contribution in [0.4, 0.5) is 0 Å². The minimum atomic E-state index is 0.894. The number of pyridine rings is 1. The summed E-state index contributed by atoms with van der Waals surface area (Å²) in [7, 11) is 0. The van der Waals surface area contributed by atoms with E-state index in [1.54, 1.807) is 0 Å². The zero-order valence-electron chi connectivity index (χ0n) is 10.4. The lowest BCUT2D eigenvalue weighted by Crippen LogP contribution is -1.92. The maximum absolute atomic E-state index is 4.69. The zero-order chi connectivity index (χ0) is 12.4. The summed E-state index contributed by atoms with van der Waals surface area (Å²) in [6, 6.07) is 21.1. The van der Waals surface area contributed by atoms with E-state index < -0.39 is 0 Å². The van der Waals surface area contributed by atoms with Gasteiger partial charge in [-0.1, -0.05) is 54.1 Å². The van der Waals surface area contributed by atoms with Crippen LogP contribution in [0.5, 0.6) is 0 Å². The van der Waals surface area contributed by atoms with Gasteiger partial charge < -0.3 is 0 Å². The number of rotatable bonds is 2. The van der Waals surface area contributed by atoms with Gasteiger partial charge in [-0.2, -0.15) is 0 Å². The average molecular weight is 233 g/mol. The lowest BCUT2D eigenvalue weighted by atomic mass is 10.1. The van der Waals surface area contributed by atoms with Gasteiger partial charge >= 0.3 is 0 Å². The second-order valence-electron chi connectivity index (χ2n) is 4.66. The predicted molar refractivity (Wildman–Crippen MR) is 75.7 cm³/mol. The molecule has 0 aliphatic rings. The maximum Gasteiger partial charge on any atom is 0.0705 e. The third kappa shape index (κ3) is 2.25. The Morgan fingerprint density at radius 1 is 0.833 bits per heavy atom. The standard InChI is InChI=1S/C17H15N/c1-13-6-8-14(9-7-13)12-16-11-10-15-4-2-3-5-17(15)18-16/h2-11H,12H2,1H3. The normalized spacial score (nSPS) is 10.7. The first kappa shape index (κ1) is 11.0. The molecule has 0 amide bonds. The molecule has 0 saturated heterocycles. The highest BCUT2D eigenvalue weighted by Gasteiger charge is 1.99. The molecule has 1 heteroatoms. The van der Waals surface area contributed by atoms with Crippen molar-refractivity contribution >= 4 is 10.9 Å². The molecule has 3 rings (SSSR count). The van der Waals surface area contributed by atoms with Crippen LogP contribution in [-0.4, -0.2) is 4.98 Å². The Kier molecular flexibility index (Phi) is 2.81. The van der Waals surface area contributed by atoms with Gasteiger partial charge in [0, 0.05) is 17.5 Å². The molecule has 0 bridgehead atoms. The maximum atomic E-state index is 4.69. The van der Waals surface area contributed by atoms with Crippen molar-refractivity contribution in [1.82, 2.24) is 4.98 Å². The number of hydrogen-bond donors (Lipinski definition) is 0. The van der Waals surface area contributed by atoms with E-state index in [1.807, 2.05) is 12.1 Å². The average Bonchev–Trinajstić information content (AvgIpc) is 2.41. The molecular formula is C17H15N. The van der Waals surface area contributed by atoms with Crippen molar-refractivity contribution in [2.45, 2.75) is 13.3 Å². The highest BCUT2D eigenvalue weighted by Crippen LogP contribution is 2.14. The number of benzene rings is 2. The second-order valence-corrected chi connectivity index (χ2v) is 4.66. The summed E-state index contributed by atoms with van der Waals surface area (Å²) >= 11 is 0. The molecule has 0 unspecified atom stereocenters. The monoisotopic (exact) mass is 233 g/mol. The fraction of sp³-hybridized carbons (Fsp3) is 0.118. The summed E-state index contributed by atoms with van der Waals surface area (Å²) in [5.41, 5.74) is 4.80. The van der Waals surface area contributed by atoms with Gasteiger partial charge in [-0.25, -0.2) is 0 Å². The van der Waals surface area contributed by atoms with Crippen LogP contribution in [-0.2, 0) is 6.42 Å². The van der Waals surface area contributed by atoms with Crippen LogP contribution >= 0.6 is 0 Å². The molecule has 0 aliphatic heterocycles. The molecule has 0 spiro atoms. The lowest BCUT2D eigenvalue weighted by Gasteiger charge is -2.04. The van der Waals surface area contributed by atoms with Crippen molar-refractivity contribution < 1.29 is 0 Å². The van der Waals surface area contributed by atoms with Gasteiger partial charge in [0.2, 0.25) is 0 Å². The van der Waals surface area contributed by atoms with Crippen LogP contribution in [0.2, 0.25) is 0 Å². The minimum Gasteiger partial charge on any atom is -0.252 e. The molecule has 1 heterocycles. The highest BCUT2D eigenvalue weighted by atomic mass is 14.7. The first-order valence-electron chi connectivity index (χ1n) is 6.21. The van der Waals surface area contributed by atoms with Gasteiger partial charge in [0.1, 0.15) is 0 Å². The first-order valence-corrected chi connectivity index (χ1v) is 6.21. The van der Waals surface area contributed by atoms with Gasteiger partial charge in [-0.05, 0) is 24.6 Å². The van der Waals surface area contributed by atoms with Crippen LogP contribution in [0.1, 0.15) is 16.8 Å². The summed E-state index contributed by atoms with van der Waals surface area (Å²) in [6.07, 6.45) is 0.894. The summed E-state index contributed by atoms with van der Waals surface area (Å²) < 4.78 is 0. The molecule has 0 saturated carbocycles. The van der Waals surface area contributed by atoms with Crippen molar-refractivity contribution in [1.29, 1.82) is 0 Å². The van der Waals surface area contributed by atoms with E-state index in [-0.39, 0.29) is 0 Å². The summed E-state index contributed by atoms with van der Waals surface area (Å²) in [4.78, 5) is 4.69. The molecule has 0 radical (unpaired) electrons. The third-order valence-electron chi connectivity index (χ3n) is 3.16. The Bertz CT molecular complexity index is 669. The fourth-order valence-electron chi connectivity index (χ4n) is 2.12. The van der Waals surface area contributed by atoms with Gasteiger partial charge in [-0.3, -0.25) is 4.98 Å². The highest BCUT2D eigenvalue weighted by molar-refractivity contribution is 5.78. The summed E-state index contributed by atoms with van der Waals surface area (Å²) in [6.45, 7) is 2.11. The van der Waals surface area contributed by atoms with Crippen molar-refractivity contribution in [3.8, 4) is 0 Å². The molecule has 88 valence electrons. The molecule has 2 aromatic carbocycles. The van der Waals surface area contributed by atoms with E-state index in [9.17, 15) is 0 Å². The Morgan fingerprint density at radius 2 is 1.61 bits per heavy atom. The quantitative estimate of drug-likeness (QED) is 0.648. The van der Waals surface area contributed by atoms with Crippen LogP contribution in [0.15, 0.2) is 60.7 Å². The molecule has 3 aromatic rings. The molecule has 1 nitrogen and oxygen atoms in total. The van der Waals surface area contributed by atoms with E-state index in [2.05, 4.69) is 55.5 Å². The van der Waals surface area contributed by atoms with Gasteiger partial charge in [0.05, 0.1) is 5.52 Å². The zero-order valence-corrected chi connectivity index (χ0v) is 10.4. The number of nitrogens with zero attached hydrogens (tertiary/aromatic N) is 1. The molecule has 0 aliphatic carbocycles. The third-order valence-corrected chi connectivity index (χ3v) is 3.16. The van der Waals surface area contributed by atoms with Crippen molar-refractivity contribution in [2.24, 2.45) is 0 Å². The predicted octanol–water partition coefficient (Wildman–Crippen LogP) is 4.13. The molecule has 18 heavy (non-hydrogen) atoms. The van der Waals surface area contributed by atoms with Crippen molar-refractivity contribution in [3.05, 3.63) is 77.5 Å². The van der Waals surface area contributed by atoms with Crippen LogP contribution < -0.4 is 0 Å². The fourth-order valence-corrected chi connectivity index (χ4v) is 2.12. The molecular weight excluding hydrogens is 218 g/mol. The Morgan fingerprint density at radius 3 is 2.44 bits per heavy atom. The van der Waals surface area contributed by atoms with Crippen LogP contribution in [0.25, 0.3) is 10.9 Å². The molecule has 0 fully saturated rings. The van der Waals surface area contributed by atoms with E-state index in [0.717, 1.165) is 17.6 Å². The number of aromatic nitrogens is 1. The van der Waals surface area contributed by atoms with Crippen LogP contribution in [0.3, 0.4) is 0 Å². The Labute approximate surface area is 107 Å². The first-order chi connectivity index (χ1) is 8.81. The number of fused-ring (bicyclic) bond motifs is 1. The smallest absolute Gasteiger partial charge is 0.0705 e. The van der Waals surface area contributed by atoms with Gasteiger partial charge in [0.25, 0.3) is 0 Å². The Balaban J connectivity index is 1.92. The Hall–Kier alpha value is -2.15. The van der Waals surface area contributed by atoms with E-state index >= 15 is 0 Å². The minimum absolute atomic E-state index is 0.894. The van der Waals surface area contributed by atoms with E-state index in [1.165, 1.54) is 16.5 Å². The van der Waals surface area contributed by atoms with Crippen molar-refractivity contribution in [2.75, 3.05) is 0 Å². The van der Waals surface area contributed by atoms with Crippen molar-refractivity contribution in [3.63, 3.8) is 0 Å². The largest absolute Gasteiger partial charge is 0.252 e. The van der Waals surface area contributed by atoms with Gasteiger partial charge in [-0.15, -0.1) is 0 Å². The van der Waals surface area contributed by atoms with E-state index in [0.29, 0.717) is 0 Å². The SMILES string of the molecule is Cc1ccc(Cc2ccc3ccccc3n2)cc1. The number of aryl methyl sites for hydroxylation is 1. The van der Waals surface area contributed by atoms with Crippen LogP contribution in [0, 0.1) is 6.92 Å². The number of para-hydroxylation sites is 1. The summed E-state index contributed by atoms with van der Waals surface area (Å²) in [5, 5.41) is 1.20. The topological polar surface area (TPSA) is 12.9 Å². The molecule has 1 aromatic heterocycles. The molecule has 0 atom stereocenters. The summed E-state index contributed by atoms with van der Waals surface area (Å²) in [5.74, 6) is 0. The van der Waals surface area contributed by atoms with Gasteiger partial charge in [0.15, 0.2) is 0 Å².